The lowest BCUT2D eigenvalue weighted by Crippen LogP contribution is -2.16. The summed E-state index contributed by atoms with van der Waals surface area (Å²) >= 11 is 0. The maximum atomic E-state index is 12.7. The van der Waals surface area contributed by atoms with E-state index < -0.39 is 5.97 Å². The molecule has 0 unspecified atom stereocenters. The van der Waals surface area contributed by atoms with Gasteiger partial charge < -0.3 is 4.74 Å². The Morgan fingerprint density at radius 1 is 0.920 bits per heavy atom. The van der Waals surface area contributed by atoms with Crippen LogP contribution in [0.2, 0.25) is 0 Å². The quantitative estimate of drug-likeness (QED) is 0.618. The first-order chi connectivity index (χ1) is 12.0. The molecule has 3 aromatic rings. The van der Waals surface area contributed by atoms with E-state index >= 15 is 0 Å². The summed E-state index contributed by atoms with van der Waals surface area (Å²) < 4.78 is 5.63. The van der Waals surface area contributed by atoms with Gasteiger partial charge in [0, 0.05) is 12.4 Å². The number of fused-ring (bicyclic) bond motifs is 2. The van der Waals surface area contributed by atoms with Gasteiger partial charge in [-0.2, -0.15) is 0 Å². The molecule has 5 heteroatoms. The number of rotatable bonds is 1. The average Bonchev–Trinajstić information content (AvgIpc) is 2.69. The first kappa shape index (κ1) is 15.3. The Balaban J connectivity index is 2.06. The number of carbonyl (C=O) groups is 1. The molecule has 1 aliphatic heterocycles. The average molecular weight is 331 g/mol. The molecule has 5 nitrogen and oxygen atoms in total. The molecule has 25 heavy (non-hydrogen) atoms. The van der Waals surface area contributed by atoms with Crippen molar-refractivity contribution in [2.24, 2.45) is 0 Å². The summed E-state index contributed by atoms with van der Waals surface area (Å²) in [6.45, 7) is 5.84. The van der Waals surface area contributed by atoms with E-state index in [9.17, 15) is 4.79 Å². The van der Waals surface area contributed by atoms with E-state index in [0.29, 0.717) is 22.9 Å². The molecule has 2 aromatic heterocycles. The van der Waals surface area contributed by atoms with Crippen LogP contribution < -0.4 is 9.64 Å². The summed E-state index contributed by atoms with van der Waals surface area (Å²) in [6.07, 6.45) is 3.51. The van der Waals surface area contributed by atoms with E-state index in [2.05, 4.69) is 9.97 Å². The largest absolute Gasteiger partial charge is 0.419 e. The minimum absolute atomic E-state index is 0.420. The number of anilines is 3. The van der Waals surface area contributed by atoms with Crippen LogP contribution in [0.1, 0.15) is 27.0 Å². The summed E-state index contributed by atoms with van der Waals surface area (Å²) in [4.78, 5) is 23.6. The van der Waals surface area contributed by atoms with Gasteiger partial charge >= 0.3 is 5.97 Å². The fraction of sp³-hybridized carbons (Fsp3) is 0.150. The molecule has 0 spiro atoms. The molecular formula is C20H17N3O2. The maximum absolute atomic E-state index is 12.7. The van der Waals surface area contributed by atoms with Crippen LogP contribution in [0, 0.1) is 20.8 Å². The van der Waals surface area contributed by atoms with E-state index in [1.807, 2.05) is 56.0 Å². The normalized spacial score (nSPS) is 12.9. The highest BCUT2D eigenvalue weighted by Gasteiger charge is 2.31. The number of ether oxygens (including phenoxy) is 1. The fourth-order valence-electron chi connectivity index (χ4n) is 2.97. The van der Waals surface area contributed by atoms with Gasteiger partial charge in [-0.25, -0.2) is 14.8 Å². The number of aryl methyl sites for hydroxylation is 3. The number of pyridine rings is 2. The van der Waals surface area contributed by atoms with Crippen molar-refractivity contribution in [2.45, 2.75) is 20.8 Å². The van der Waals surface area contributed by atoms with E-state index in [4.69, 9.17) is 4.74 Å². The number of nitrogens with zero attached hydrogens (tertiary/aromatic N) is 3. The number of aromatic nitrogens is 2. The van der Waals surface area contributed by atoms with Gasteiger partial charge in [-0.05, 0) is 55.7 Å². The minimum Gasteiger partial charge on any atom is -0.419 e. The Kier molecular flexibility index (Phi) is 3.50. The third-order valence-electron chi connectivity index (χ3n) is 4.18. The number of hydrogen-bond acceptors (Lipinski definition) is 5. The molecular weight excluding hydrogens is 314 g/mol. The van der Waals surface area contributed by atoms with Gasteiger partial charge in [0.15, 0.2) is 17.4 Å². The summed E-state index contributed by atoms with van der Waals surface area (Å²) in [6, 6.07) is 11.6. The molecule has 0 N–H and O–H groups in total. The molecule has 1 aliphatic rings. The SMILES string of the molecule is Cc1cnc2c(c1)OC(=O)c1cc(C)cnc1N2c1ccccc1C. The van der Waals surface area contributed by atoms with Crippen LogP contribution in [0.5, 0.6) is 5.75 Å². The van der Waals surface area contributed by atoms with Crippen LogP contribution in [0.3, 0.4) is 0 Å². The third kappa shape index (κ3) is 2.54. The van der Waals surface area contributed by atoms with Crippen molar-refractivity contribution in [3.05, 3.63) is 71.0 Å². The van der Waals surface area contributed by atoms with Crippen molar-refractivity contribution in [1.82, 2.24) is 9.97 Å². The molecule has 0 radical (unpaired) electrons. The van der Waals surface area contributed by atoms with E-state index in [1.165, 1.54) is 0 Å². The van der Waals surface area contributed by atoms with Gasteiger partial charge in [0.25, 0.3) is 0 Å². The van der Waals surface area contributed by atoms with Crippen molar-refractivity contribution in [3.8, 4) is 5.75 Å². The molecule has 3 heterocycles. The van der Waals surface area contributed by atoms with Gasteiger partial charge in [-0.3, -0.25) is 4.90 Å². The maximum Gasteiger partial charge on any atom is 0.347 e. The number of benzene rings is 1. The molecule has 0 bridgehead atoms. The summed E-state index contributed by atoms with van der Waals surface area (Å²) in [5.74, 6) is 1.10. The topological polar surface area (TPSA) is 55.3 Å². The van der Waals surface area contributed by atoms with Gasteiger partial charge in [0.05, 0.1) is 5.69 Å². The Labute approximate surface area is 145 Å². The molecule has 1 aromatic carbocycles. The lowest BCUT2D eigenvalue weighted by molar-refractivity contribution is 0.0738. The smallest absolute Gasteiger partial charge is 0.347 e. The van der Waals surface area contributed by atoms with Gasteiger partial charge in [0.1, 0.15) is 5.56 Å². The summed E-state index contributed by atoms with van der Waals surface area (Å²) in [5, 5.41) is 0. The fourth-order valence-corrected chi connectivity index (χ4v) is 2.97. The predicted octanol–water partition coefficient (Wildman–Crippen LogP) is 4.40. The van der Waals surface area contributed by atoms with E-state index in [0.717, 1.165) is 22.4 Å². The van der Waals surface area contributed by atoms with Gasteiger partial charge in [-0.15, -0.1) is 0 Å². The van der Waals surface area contributed by atoms with Gasteiger partial charge in [-0.1, -0.05) is 18.2 Å². The van der Waals surface area contributed by atoms with Crippen LogP contribution in [0.15, 0.2) is 48.8 Å². The lowest BCUT2D eigenvalue weighted by Gasteiger charge is -2.24. The molecule has 0 saturated heterocycles. The zero-order valence-electron chi connectivity index (χ0n) is 14.3. The number of para-hydroxylation sites is 1. The van der Waals surface area contributed by atoms with Crippen LogP contribution in [0.25, 0.3) is 0 Å². The van der Waals surface area contributed by atoms with Crippen molar-refractivity contribution in [3.63, 3.8) is 0 Å². The number of esters is 1. The van der Waals surface area contributed by atoms with Gasteiger partial charge in [0.2, 0.25) is 0 Å². The molecule has 0 atom stereocenters. The van der Waals surface area contributed by atoms with Crippen LogP contribution >= 0.6 is 0 Å². The molecule has 0 amide bonds. The predicted molar refractivity (Wildman–Crippen MR) is 95.9 cm³/mol. The first-order valence-corrected chi connectivity index (χ1v) is 8.06. The minimum atomic E-state index is -0.420. The highest BCUT2D eigenvalue weighted by Crippen LogP contribution is 2.43. The summed E-state index contributed by atoms with van der Waals surface area (Å²) in [7, 11) is 0. The second kappa shape index (κ2) is 5.70. The monoisotopic (exact) mass is 331 g/mol. The second-order valence-corrected chi connectivity index (χ2v) is 6.23. The summed E-state index contributed by atoms with van der Waals surface area (Å²) in [5.41, 5.74) is 4.22. The molecule has 124 valence electrons. The Morgan fingerprint density at radius 2 is 1.60 bits per heavy atom. The lowest BCUT2D eigenvalue weighted by atomic mass is 10.1. The number of hydrogen-bond donors (Lipinski definition) is 0. The Morgan fingerprint density at radius 3 is 2.36 bits per heavy atom. The standard InChI is InChI=1S/C20H17N3O2/c1-12-8-15-18(21-10-12)23(16-7-5-4-6-14(16)3)19-17(25-20(15)24)9-13(2)11-22-19/h4-11H,1-3H3. The highest BCUT2D eigenvalue weighted by molar-refractivity contribution is 6.01. The molecule has 4 rings (SSSR count). The second-order valence-electron chi connectivity index (χ2n) is 6.23. The van der Waals surface area contributed by atoms with Crippen molar-refractivity contribution >= 4 is 23.3 Å². The van der Waals surface area contributed by atoms with Crippen LogP contribution in [0.4, 0.5) is 17.3 Å². The van der Waals surface area contributed by atoms with Crippen LogP contribution in [-0.2, 0) is 0 Å². The van der Waals surface area contributed by atoms with Crippen molar-refractivity contribution in [1.29, 1.82) is 0 Å². The van der Waals surface area contributed by atoms with Crippen LogP contribution in [-0.4, -0.2) is 15.9 Å². The van der Waals surface area contributed by atoms with Crippen molar-refractivity contribution < 1.29 is 9.53 Å². The Bertz CT molecular complexity index is 998. The highest BCUT2D eigenvalue weighted by atomic mass is 16.5. The van der Waals surface area contributed by atoms with Crippen molar-refractivity contribution in [2.75, 3.05) is 4.90 Å². The molecule has 0 saturated carbocycles. The molecule has 0 fully saturated rings. The zero-order valence-corrected chi connectivity index (χ0v) is 14.3. The first-order valence-electron chi connectivity index (χ1n) is 8.06. The number of carbonyl (C=O) groups excluding carboxylic acids is 1. The molecule has 0 aliphatic carbocycles. The van der Waals surface area contributed by atoms with E-state index in [-0.39, 0.29) is 0 Å². The zero-order chi connectivity index (χ0) is 17.6. The Hall–Kier alpha value is -3.21. The third-order valence-corrected chi connectivity index (χ3v) is 4.18. The van der Waals surface area contributed by atoms with E-state index in [1.54, 1.807) is 18.5 Å².